The highest BCUT2D eigenvalue weighted by atomic mass is 19.1. The highest BCUT2D eigenvalue weighted by molar-refractivity contribution is 5.94. The van der Waals surface area contributed by atoms with Gasteiger partial charge in [-0.1, -0.05) is 39.8 Å². The molecule has 3 heterocycles. The third kappa shape index (κ3) is 6.74. The van der Waals surface area contributed by atoms with Gasteiger partial charge in [0.05, 0.1) is 5.92 Å². The zero-order chi connectivity index (χ0) is 29.7. The van der Waals surface area contributed by atoms with Crippen LogP contribution in [0, 0.1) is 11.7 Å². The zero-order valence-electron chi connectivity index (χ0n) is 23.4. The van der Waals surface area contributed by atoms with Gasteiger partial charge < -0.3 is 30.8 Å². The summed E-state index contributed by atoms with van der Waals surface area (Å²) in [7, 11) is 0. The first-order valence-corrected chi connectivity index (χ1v) is 13.6. The summed E-state index contributed by atoms with van der Waals surface area (Å²) in [5, 5.41) is 8.92. The average molecular weight is 564 g/mol. The molecule has 0 aliphatic carbocycles. The number of nitrogens with two attached hydrogens (primary N) is 1. The highest BCUT2D eigenvalue weighted by Crippen LogP contribution is 2.41. The summed E-state index contributed by atoms with van der Waals surface area (Å²) in [6.45, 7) is 7.65. The molecular formula is C30H34FN5O5. The van der Waals surface area contributed by atoms with E-state index in [1.54, 1.807) is 18.2 Å². The number of ether oxygens (including phenoxy) is 1. The number of halogens is 1. The molecule has 3 amide bonds. The number of amides is 3. The Kier molecular flexibility index (Phi) is 9.06. The fourth-order valence-corrected chi connectivity index (χ4v) is 4.61. The van der Waals surface area contributed by atoms with Gasteiger partial charge in [-0.05, 0) is 54.3 Å². The van der Waals surface area contributed by atoms with Crippen molar-refractivity contribution in [3.05, 3.63) is 83.3 Å². The molecule has 2 aliphatic heterocycles. The average Bonchev–Trinajstić information content (AvgIpc) is 3.57. The summed E-state index contributed by atoms with van der Waals surface area (Å²) in [6.07, 6.45) is 2.85. The van der Waals surface area contributed by atoms with Crippen molar-refractivity contribution in [3.8, 4) is 5.75 Å². The van der Waals surface area contributed by atoms with Crippen molar-refractivity contribution in [3.63, 3.8) is 0 Å². The molecule has 0 radical (unpaired) electrons. The minimum absolute atomic E-state index is 0.0361. The van der Waals surface area contributed by atoms with Crippen LogP contribution < -0.4 is 26.4 Å². The Labute approximate surface area is 237 Å². The van der Waals surface area contributed by atoms with Gasteiger partial charge in [0.2, 0.25) is 17.7 Å². The van der Waals surface area contributed by atoms with Crippen molar-refractivity contribution in [1.82, 2.24) is 15.6 Å². The van der Waals surface area contributed by atoms with Crippen molar-refractivity contribution >= 4 is 29.1 Å². The maximum absolute atomic E-state index is 13.5. The van der Waals surface area contributed by atoms with Crippen LogP contribution in [0.25, 0.3) is 5.70 Å². The van der Waals surface area contributed by atoms with Gasteiger partial charge in [0.1, 0.15) is 29.6 Å². The first-order chi connectivity index (χ1) is 19.7. The number of nitrogens with zero attached hydrogens (tertiary/aromatic N) is 1. The van der Waals surface area contributed by atoms with Gasteiger partial charge in [-0.25, -0.2) is 9.37 Å². The van der Waals surface area contributed by atoms with Crippen LogP contribution in [-0.4, -0.2) is 35.0 Å². The number of carbonyl (C=O) groups excluding carboxylic acids is 3. The molecule has 1 aromatic heterocycles. The topological polar surface area (TPSA) is 149 Å². The molecule has 11 heteroatoms. The maximum Gasteiger partial charge on any atom is 0.270 e. The number of hydrogen-bond donors (Lipinski definition) is 4. The minimum Gasteiger partial charge on any atom is -0.469 e. The second-order valence-electron chi connectivity index (χ2n) is 9.85. The van der Waals surface area contributed by atoms with Gasteiger partial charge in [-0.3, -0.25) is 14.4 Å². The number of aryl methyl sites for hydroxylation is 1. The van der Waals surface area contributed by atoms with E-state index < -0.39 is 30.0 Å². The van der Waals surface area contributed by atoms with Gasteiger partial charge in [0.25, 0.3) is 5.91 Å². The number of hydrogen-bond acceptors (Lipinski definition) is 7. The Morgan fingerprint density at radius 2 is 1.85 bits per heavy atom. The van der Waals surface area contributed by atoms with E-state index >= 15 is 0 Å². The maximum atomic E-state index is 13.5. The Bertz CT molecular complexity index is 1450. The molecule has 2 bridgehead atoms. The van der Waals surface area contributed by atoms with Crippen molar-refractivity contribution in [1.29, 1.82) is 0 Å². The third-order valence-electron chi connectivity index (χ3n) is 6.66. The lowest BCUT2D eigenvalue weighted by molar-refractivity contribution is -0.129. The van der Waals surface area contributed by atoms with Crippen molar-refractivity contribution in [2.24, 2.45) is 11.7 Å². The lowest BCUT2D eigenvalue weighted by Gasteiger charge is -2.23. The molecule has 3 aromatic rings. The molecule has 216 valence electrons. The molecule has 0 saturated carbocycles. The molecule has 2 aromatic carbocycles. The van der Waals surface area contributed by atoms with E-state index in [1.807, 2.05) is 45.9 Å². The summed E-state index contributed by atoms with van der Waals surface area (Å²) in [5.41, 5.74) is 7.78. The van der Waals surface area contributed by atoms with Gasteiger partial charge in [0.15, 0.2) is 11.9 Å². The summed E-state index contributed by atoms with van der Waals surface area (Å²) in [6, 6.07) is 10.7. The summed E-state index contributed by atoms with van der Waals surface area (Å²) in [4.78, 5) is 42.0. The number of carbonyl (C=O) groups is 3. The fraction of sp³-hybridized carbons (Fsp3) is 0.333. The fourth-order valence-electron chi connectivity index (χ4n) is 4.61. The molecule has 0 saturated heterocycles. The number of primary amides is 1. The molecule has 5 rings (SSSR count). The molecule has 2 unspecified atom stereocenters. The van der Waals surface area contributed by atoms with E-state index in [0.717, 1.165) is 17.4 Å². The monoisotopic (exact) mass is 563 g/mol. The van der Waals surface area contributed by atoms with Crippen LogP contribution in [0.4, 0.5) is 10.1 Å². The normalized spacial score (nSPS) is 21.4. The lowest BCUT2D eigenvalue weighted by Crippen LogP contribution is -2.49. The van der Waals surface area contributed by atoms with Crippen molar-refractivity contribution < 1.29 is 27.9 Å². The quantitative estimate of drug-likeness (QED) is 0.365. The Hall–Kier alpha value is -4.67. The number of benzene rings is 2. The molecule has 0 spiro atoms. The molecule has 41 heavy (non-hydrogen) atoms. The molecular weight excluding hydrogens is 529 g/mol. The van der Waals surface area contributed by atoms with Crippen LogP contribution in [0.3, 0.4) is 0 Å². The summed E-state index contributed by atoms with van der Waals surface area (Å²) in [5.74, 6) is -2.02. The number of nitrogens with one attached hydrogen (secondary N) is 3. The summed E-state index contributed by atoms with van der Waals surface area (Å²) < 4.78 is 25.3. The number of fused-ring (bicyclic) bond motifs is 1. The molecule has 2 aliphatic rings. The molecule has 0 fully saturated rings. The number of rotatable bonds is 5. The Balaban J connectivity index is 0.00000189. The van der Waals surface area contributed by atoms with Crippen molar-refractivity contribution in [2.75, 3.05) is 5.32 Å². The third-order valence-corrected chi connectivity index (χ3v) is 6.66. The van der Waals surface area contributed by atoms with Gasteiger partial charge in [-0.2, -0.15) is 0 Å². The van der Waals surface area contributed by atoms with Crippen LogP contribution in [0.5, 0.6) is 5.75 Å². The van der Waals surface area contributed by atoms with E-state index in [1.165, 1.54) is 12.1 Å². The Morgan fingerprint density at radius 1 is 1.12 bits per heavy atom. The second kappa shape index (κ2) is 12.7. The predicted molar refractivity (Wildman–Crippen MR) is 151 cm³/mol. The van der Waals surface area contributed by atoms with Gasteiger partial charge in [0, 0.05) is 17.7 Å². The molecule has 3 atom stereocenters. The van der Waals surface area contributed by atoms with E-state index in [9.17, 15) is 18.8 Å². The molecule has 5 N–H and O–H groups in total. The van der Waals surface area contributed by atoms with Crippen LogP contribution in [0.2, 0.25) is 0 Å². The highest BCUT2D eigenvalue weighted by Gasteiger charge is 2.36. The van der Waals surface area contributed by atoms with E-state index in [4.69, 9.17) is 14.9 Å². The van der Waals surface area contributed by atoms with E-state index in [-0.39, 0.29) is 41.3 Å². The van der Waals surface area contributed by atoms with E-state index in [2.05, 4.69) is 20.9 Å². The largest absolute Gasteiger partial charge is 0.469 e. The van der Waals surface area contributed by atoms with Gasteiger partial charge in [-0.15, -0.1) is 0 Å². The first kappa shape index (κ1) is 29.3. The van der Waals surface area contributed by atoms with Gasteiger partial charge >= 0.3 is 0 Å². The van der Waals surface area contributed by atoms with Crippen LogP contribution in [0.15, 0.2) is 59.2 Å². The smallest absolute Gasteiger partial charge is 0.270 e. The number of oxazole rings is 1. The SMILES string of the molecule is CC.CC(C)C1NC(=O)CCc2ccc3c(c2)C(/C=C(\c2nc(C(N)=O)co2)NC1=O)[C@H](Nc1ccc(F)cc1)O3. The molecule has 10 nitrogen and oxygen atoms in total. The predicted octanol–water partition coefficient (Wildman–Crippen LogP) is 4.10. The van der Waals surface area contributed by atoms with Crippen LogP contribution in [0.1, 0.15) is 67.5 Å². The zero-order valence-corrected chi connectivity index (χ0v) is 23.4. The first-order valence-electron chi connectivity index (χ1n) is 13.6. The van der Waals surface area contributed by atoms with Crippen LogP contribution in [-0.2, 0) is 16.0 Å². The van der Waals surface area contributed by atoms with E-state index in [0.29, 0.717) is 17.9 Å². The second-order valence-corrected chi connectivity index (χ2v) is 9.85. The summed E-state index contributed by atoms with van der Waals surface area (Å²) >= 11 is 0. The van der Waals surface area contributed by atoms with Crippen molar-refractivity contribution in [2.45, 2.75) is 58.7 Å². The number of aromatic nitrogens is 1. The standard InChI is InChI=1S/C28H28FN5O5.C2H6/c1-14(2)24-26(37)32-20(28-33-21(13-38-28)25(30)36)12-19-18-11-15(4-10-23(35)34-24)3-9-22(18)39-27(19)31-17-7-5-16(29)6-8-17;1-2/h3,5-9,11-14,19,24,27,31H,4,10H2,1-2H3,(H2,30,36)(H,32,37)(H,34,35);1-2H3/b20-12+;/t19?,24?,27-;/m1./s1. The lowest BCUT2D eigenvalue weighted by atomic mass is 9.94. The van der Waals surface area contributed by atoms with Crippen LogP contribution >= 0.6 is 0 Å². The Morgan fingerprint density at radius 3 is 2.51 bits per heavy atom. The number of anilines is 1. The minimum atomic E-state index is -0.834.